The van der Waals surface area contributed by atoms with Gasteiger partial charge in [-0.1, -0.05) is 20.3 Å². The average molecular weight is 228 g/mol. The van der Waals surface area contributed by atoms with Crippen LogP contribution in [0.3, 0.4) is 0 Å². The Morgan fingerprint density at radius 2 is 2.25 bits per heavy atom. The lowest BCUT2D eigenvalue weighted by molar-refractivity contribution is -0.124. The highest BCUT2D eigenvalue weighted by Gasteiger charge is 2.26. The van der Waals surface area contributed by atoms with E-state index in [1.165, 1.54) is 0 Å². The molecule has 16 heavy (non-hydrogen) atoms. The fourth-order valence-corrected chi connectivity index (χ4v) is 1.92. The number of ether oxygens (including phenoxy) is 1. The molecule has 1 amide bonds. The molecule has 3 N–H and O–H groups in total. The summed E-state index contributed by atoms with van der Waals surface area (Å²) in [5, 5.41) is 2.95. The molecule has 1 fully saturated rings. The first kappa shape index (κ1) is 13.5. The van der Waals surface area contributed by atoms with E-state index in [2.05, 4.69) is 5.32 Å². The number of carbonyl (C=O) groups excluding carboxylic acids is 1. The standard InChI is InChI=1S/C12H24N2O2/c1-4-8(2)11(13)12(15)14-9(3)10-6-5-7-16-10/h8-11H,4-7,13H2,1-3H3,(H,14,15)/t8?,9?,10?,11-/m0/s1. The molecule has 4 atom stereocenters. The molecule has 1 saturated heterocycles. The molecule has 1 aliphatic rings. The Bertz CT molecular complexity index is 227. The topological polar surface area (TPSA) is 64.4 Å². The van der Waals surface area contributed by atoms with Gasteiger partial charge in [-0.25, -0.2) is 0 Å². The van der Waals surface area contributed by atoms with Crippen molar-refractivity contribution >= 4 is 5.91 Å². The Morgan fingerprint density at radius 1 is 1.56 bits per heavy atom. The minimum Gasteiger partial charge on any atom is -0.376 e. The molecule has 0 aromatic heterocycles. The summed E-state index contributed by atoms with van der Waals surface area (Å²) in [7, 11) is 0. The Kier molecular flexibility index (Phi) is 5.22. The monoisotopic (exact) mass is 228 g/mol. The summed E-state index contributed by atoms with van der Waals surface area (Å²) in [4.78, 5) is 11.8. The molecule has 0 bridgehead atoms. The number of rotatable bonds is 5. The van der Waals surface area contributed by atoms with E-state index in [9.17, 15) is 4.79 Å². The van der Waals surface area contributed by atoms with Crippen molar-refractivity contribution in [1.82, 2.24) is 5.32 Å². The van der Waals surface area contributed by atoms with Crippen LogP contribution in [0.5, 0.6) is 0 Å². The quantitative estimate of drug-likeness (QED) is 0.739. The van der Waals surface area contributed by atoms with Gasteiger partial charge in [-0.15, -0.1) is 0 Å². The van der Waals surface area contributed by atoms with E-state index in [-0.39, 0.29) is 24.0 Å². The predicted octanol–water partition coefficient (Wildman–Crippen LogP) is 1.04. The van der Waals surface area contributed by atoms with Crippen molar-refractivity contribution < 1.29 is 9.53 Å². The van der Waals surface area contributed by atoms with Crippen LogP contribution < -0.4 is 11.1 Å². The lowest BCUT2D eigenvalue weighted by Gasteiger charge is -2.24. The molecule has 3 unspecified atom stereocenters. The number of nitrogens with two attached hydrogens (primary N) is 1. The molecule has 0 aliphatic carbocycles. The molecular formula is C12H24N2O2. The first-order valence-corrected chi connectivity index (χ1v) is 6.23. The summed E-state index contributed by atoms with van der Waals surface area (Å²) in [5.74, 6) is 0.161. The fraction of sp³-hybridized carbons (Fsp3) is 0.917. The van der Waals surface area contributed by atoms with Crippen molar-refractivity contribution in [3.8, 4) is 0 Å². The van der Waals surface area contributed by atoms with E-state index in [0.717, 1.165) is 25.9 Å². The van der Waals surface area contributed by atoms with Gasteiger partial charge in [0, 0.05) is 6.61 Å². The normalized spacial score (nSPS) is 26.1. The number of hydrogen-bond acceptors (Lipinski definition) is 3. The highest BCUT2D eigenvalue weighted by atomic mass is 16.5. The zero-order valence-corrected chi connectivity index (χ0v) is 10.5. The number of nitrogens with one attached hydrogen (secondary N) is 1. The second-order valence-corrected chi connectivity index (χ2v) is 4.76. The second-order valence-electron chi connectivity index (χ2n) is 4.76. The highest BCUT2D eigenvalue weighted by Crippen LogP contribution is 2.15. The van der Waals surface area contributed by atoms with E-state index < -0.39 is 6.04 Å². The Balaban J connectivity index is 2.37. The summed E-state index contributed by atoms with van der Waals surface area (Å²) in [6, 6.07) is -0.348. The summed E-state index contributed by atoms with van der Waals surface area (Å²) in [6.07, 6.45) is 3.19. The van der Waals surface area contributed by atoms with Gasteiger partial charge in [-0.05, 0) is 25.7 Å². The van der Waals surface area contributed by atoms with E-state index in [4.69, 9.17) is 10.5 Å². The summed E-state index contributed by atoms with van der Waals surface area (Å²) in [6.45, 7) is 6.84. The van der Waals surface area contributed by atoms with Crippen molar-refractivity contribution in [2.24, 2.45) is 11.7 Å². The van der Waals surface area contributed by atoms with E-state index in [0.29, 0.717) is 0 Å². The van der Waals surface area contributed by atoms with Crippen molar-refractivity contribution in [3.63, 3.8) is 0 Å². The van der Waals surface area contributed by atoms with Gasteiger partial charge in [0.2, 0.25) is 5.91 Å². The largest absolute Gasteiger partial charge is 0.376 e. The zero-order valence-electron chi connectivity index (χ0n) is 10.5. The minimum atomic E-state index is -0.408. The Hall–Kier alpha value is -0.610. The van der Waals surface area contributed by atoms with Crippen LogP contribution in [-0.2, 0) is 9.53 Å². The molecule has 4 heteroatoms. The number of carbonyl (C=O) groups is 1. The van der Waals surface area contributed by atoms with E-state index >= 15 is 0 Å². The molecule has 0 saturated carbocycles. The molecular weight excluding hydrogens is 204 g/mol. The van der Waals surface area contributed by atoms with Crippen LogP contribution in [0.15, 0.2) is 0 Å². The van der Waals surface area contributed by atoms with Gasteiger partial charge in [0.15, 0.2) is 0 Å². The number of hydrogen-bond donors (Lipinski definition) is 2. The number of amides is 1. The van der Waals surface area contributed by atoms with Gasteiger partial charge in [0.05, 0.1) is 18.2 Å². The molecule has 4 nitrogen and oxygen atoms in total. The van der Waals surface area contributed by atoms with Gasteiger partial charge < -0.3 is 15.8 Å². The summed E-state index contributed by atoms with van der Waals surface area (Å²) >= 11 is 0. The lowest BCUT2D eigenvalue weighted by atomic mass is 9.99. The zero-order chi connectivity index (χ0) is 12.1. The van der Waals surface area contributed by atoms with Gasteiger partial charge in [0.25, 0.3) is 0 Å². The van der Waals surface area contributed by atoms with Gasteiger partial charge in [-0.3, -0.25) is 4.79 Å². The van der Waals surface area contributed by atoms with E-state index in [1.54, 1.807) is 0 Å². The minimum absolute atomic E-state index is 0.0580. The van der Waals surface area contributed by atoms with E-state index in [1.807, 2.05) is 20.8 Å². The summed E-state index contributed by atoms with van der Waals surface area (Å²) in [5.41, 5.74) is 5.87. The van der Waals surface area contributed by atoms with Crippen molar-refractivity contribution in [2.75, 3.05) is 6.61 Å². The molecule has 0 aromatic rings. The maximum atomic E-state index is 11.8. The third-order valence-electron chi connectivity index (χ3n) is 3.45. The van der Waals surface area contributed by atoms with Gasteiger partial charge >= 0.3 is 0 Å². The third-order valence-corrected chi connectivity index (χ3v) is 3.45. The highest BCUT2D eigenvalue weighted by molar-refractivity contribution is 5.82. The smallest absolute Gasteiger partial charge is 0.237 e. The third kappa shape index (κ3) is 3.46. The predicted molar refractivity (Wildman–Crippen MR) is 64.0 cm³/mol. The maximum absolute atomic E-state index is 11.8. The average Bonchev–Trinajstić information content (AvgIpc) is 2.80. The Morgan fingerprint density at radius 3 is 2.75 bits per heavy atom. The van der Waals surface area contributed by atoms with Crippen LogP contribution >= 0.6 is 0 Å². The van der Waals surface area contributed by atoms with Crippen molar-refractivity contribution in [2.45, 2.75) is 58.2 Å². The molecule has 94 valence electrons. The van der Waals surface area contributed by atoms with Gasteiger partial charge in [0.1, 0.15) is 0 Å². The van der Waals surface area contributed by atoms with Crippen LogP contribution in [0.1, 0.15) is 40.0 Å². The van der Waals surface area contributed by atoms with Crippen LogP contribution in [0, 0.1) is 5.92 Å². The molecule has 0 radical (unpaired) electrons. The Labute approximate surface area is 97.9 Å². The second kappa shape index (κ2) is 6.21. The summed E-state index contributed by atoms with van der Waals surface area (Å²) < 4.78 is 5.53. The SMILES string of the molecule is CCC(C)[C@H](N)C(=O)NC(C)C1CCCO1. The lowest BCUT2D eigenvalue weighted by Crippen LogP contribution is -2.50. The molecule has 0 spiro atoms. The molecule has 1 rings (SSSR count). The molecule has 1 aliphatic heterocycles. The van der Waals surface area contributed by atoms with Crippen molar-refractivity contribution in [1.29, 1.82) is 0 Å². The fourth-order valence-electron chi connectivity index (χ4n) is 1.92. The maximum Gasteiger partial charge on any atom is 0.237 e. The van der Waals surface area contributed by atoms with Crippen LogP contribution in [0.4, 0.5) is 0 Å². The van der Waals surface area contributed by atoms with Gasteiger partial charge in [-0.2, -0.15) is 0 Å². The molecule has 1 heterocycles. The first-order valence-electron chi connectivity index (χ1n) is 6.23. The van der Waals surface area contributed by atoms with Crippen LogP contribution in [0.25, 0.3) is 0 Å². The van der Waals surface area contributed by atoms with Crippen molar-refractivity contribution in [3.05, 3.63) is 0 Å². The van der Waals surface area contributed by atoms with Crippen LogP contribution in [0.2, 0.25) is 0 Å². The first-order chi connectivity index (χ1) is 7.56. The van der Waals surface area contributed by atoms with Crippen LogP contribution in [-0.4, -0.2) is 30.7 Å². The molecule has 0 aromatic carbocycles.